The van der Waals surface area contributed by atoms with Crippen LogP contribution in [0.25, 0.3) is 0 Å². The van der Waals surface area contributed by atoms with Gasteiger partial charge in [-0.15, -0.1) is 0 Å². The van der Waals surface area contributed by atoms with Gasteiger partial charge in [0.2, 0.25) is 0 Å². The van der Waals surface area contributed by atoms with Gasteiger partial charge in [-0.3, -0.25) is 0 Å². The van der Waals surface area contributed by atoms with Gasteiger partial charge >= 0.3 is 6.03 Å². The average Bonchev–Trinajstić information content (AvgIpc) is 2.50. The number of amides is 2. The second-order valence-electron chi connectivity index (χ2n) is 4.14. The third kappa shape index (κ3) is 19.0. The van der Waals surface area contributed by atoms with Crippen LogP contribution >= 0.6 is 0 Å². The molecule has 0 fully saturated rings. The molecule has 0 heterocycles. The van der Waals surface area contributed by atoms with Gasteiger partial charge in [0, 0.05) is 13.1 Å². The molecule has 0 radical (unpaired) electrons. The van der Waals surface area contributed by atoms with E-state index in [4.69, 9.17) is 35.2 Å². The predicted octanol–water partition coefficient (Wildman–Crippen LogP) is -1.30. The van der Waals surface area contributed by atoms with E-state index in [0.717, 1.165) is 0 Å². The third-order valence-corrected chi connectivity index (χ3v) is 2.30. The lowest BCUT2D eigenvalue weighted by atomic mass is 10.6. The smallest absolute Gasteiger partial charge is 0.312 e. The quantitative estimate of drug-likeness (QED) is 0.284. The van der Waals surface area contributed by atoms with E-state index >= 15 is 0 Å². The van der Waals surface area contributed by atoms with E-state index in [2.05, 4.69) is 5.32 Å². The molecule has 0 aromatic carbocycles. The van der Waals surface area contributed by atoms with Gasteiger partial charge in [-0.2, -0.15) is 0 Å². The van der Waals surface area contributed by atoms with Crippen molar-refractivity contribution < 1.29 is 28.5 Å². The van der Waals surface area contributed by atoms with Gasteiger partial charge in [0.05, 0.1) is 66.1 Å². The summed E-state index contributed by atoms with van der Waals surface area (Å²) in [4.78, 5) is 10.4. The number of urea groups is 1. The summed E-state index contributed by atoms with van der Waals surface area (Å²) >= 11 is 0. The first-order valence-corrected chi connectivity index (χ1v) is 7.39. The molecule has 5 N–H and O–H groups in total. The van der Waals surface area contributed by atoms with Crippen LogP contribution in [0.2, 0.25) is 0 Å². The zero-order valence-corrected chi connectivity index (χ0v) is 13.1. The Labute approximate surface area is 131 Å². The predicted molar refractivity (Wildman–Crippen MR) is 80.7 cm³/mol. The number of rotatable bonds is 17. The molecule has 0 aliphatic rings. The van der Waals surface area contributed by atoms with E-state index in [9.17, 15) is 4.79 Å². The highest BCUT2D eigenvalue weighted by atomic mass is 16.6. The van der Waals surface area contributed by atoms with E-state index in [0.29, 0.717) is 79.2 Å². The molecule has 0 aliphatic heterocycles. The maximum absolute atomic E-state index is 10.4. The van der Waals surface area contributed by atoms with Crippen LogP contribution < -0.4 is 16.8 Å². The van der Waals surface area contributed by atoms with Gasteiger partial charge < -0.3 is 40.5 Å². The minimum atomic E-state index is -0.552. The van der Waals surface area contributed by atoms with E-state index in [1.165, 1.54) is 0 Å². The summed E-state index contributed by atoms with van der Waals surface area (Å²) in [6.45, 7) is 6.00. The number of ether oxygens (including phenoxy) is 5. The summed E-state index contributed by atoms with van der Waals surface area (Å²) in [5.74, 6) is 0. The summed E-state index contributed by atoms with van der Waals surface area (Å²) in [5.41, 5.74) is 10.2. The number of nitrogens with one attached hydrogen (secondary N) is 1. The van der Waals surface area contributed by atoms with Crippen molar-refractivity contribution in [2.75, 3.05) is 79.2 Å². The Morgan fingerprint density at radius 2 is 1.05 bits per heavy atom. The molecule has 0 atom stereocenters. The second kappa shape index (κ2) is 18.1. The largest absolute Gasteiger partial charge is 0.378 e. The molecule has 132 valence electrons. The van der Waals surface area contributed by atoms with Gasteiger partial charge in [-0.05, 0) is 0 Å². The van der Waals surface area contributed by atoms with Crippen molar-refractivity contribution in [2.45, 2.75) is 0 Å². The van der Waals surface area contributed by atoms with Crippen molar-refractivity contribution >= 4 is 6.03 Å². The van der Waals surface area contributed by atoms with Gasteiger partial charge in [-0.1, -0.05) is 0 Å². The first-order chi connectivity index (χ1) is 10.8. The van der Waals surface area contributed by atoms with Crippen LogP contribution in [0.15, 0.2) is 0 Å². The van der Waals surface area contributed by atoms with Crippen LogP contribution in [0.4, 0.5) is 4.79 Å². The van der Waals surface area contributed by atoms with Crippen LogP contribution in [0.3, 0.4) is 0 Å². The lowest BCUT2D eigenvalue weighted by molar-refractivity contribution is -0.0102. The zero-order valence-electron chi connectivity index (χ0n) is 13.1. The minimum absolute atomic E-state index is 0.399. The number of hydrogen-bond donors (Lipinski definition) is 3. The first-order valence-electron chi connectivity index (χ1n) is 7.39. The maximum Gasteiger partial charge on any atom is 0.312 e. The Morgan fingerprint density at radius 3 is 1.41 bits per heavy atom. The molecule has 0 aromatic rings. The van der Waals surface area contributed by atoms with Crippen LogP contribution in [-0.4, -0.2) is 85.2 Å². The Hall–Kier alpha value is -0.970. The second-order valence-corrected chi connectivity index (χ2v) is 4.14. The zero-order chi connectivity index (χ0) is 16.3. The molecule has 0 aromatic heterocycles. The normalized spacial score (nSPS) is 10.8. The van der Waals surface area contributed by atoms with Gasteiger partial charge in [0.25, 0.3) is 0 Å². The van der Waals surface area contributed by atoms with Crippen LogP contribution in [-0.2, 0) is 23.7 Å². The lowest BCUT2D eigenvalue weighted by Crippen LogP contribution is -2.32. The molecule has 0 bridgehead atoms. The van der Waals surface area contributed by atoms with Crippen LogP contribution in [0.1, 0.15) is 0 Å². The van der Waals surface area contributed by atoms with Crippen molar-refractivity contribution in [3.8, 4) is 0 Å². The summed E-state index contributed by atoms with van der Waals surface area (Å²) in [5, 5.41) is 2.42. The highest BCUT2D eigenvalue weighted by Gasteiger charge is 1.94. The van der Waals surface area contributed by atoms with Crippen molar-refractivity contribution in [1.29, 1.82) is 0 Å². The van der Waals surface area contributed by atoms with Crippen molar-refractivity contribution in [2.24, 2.45) is 11.5 Å². The fourth-order valence-corrected chi connectivity index (χ4v) is 1.31. The molecule has 0 spiro atoms. The first kappa shape index (κ1) is 21.0. The molecular formula is C13H29N3O6. The van der Waals surface area contributed by atoms with Gasteiger partial charge in [0.15, 0.2) is 0 Å². The molecule has 0 saturated heterocycles. The van der Waals surface area contributed by atoms with Crippen molar-refractivity contribution in [1.82, 2.24) is 5.32 Å². The lowest BCUT2D eigenvalue weighted by Gasteiger charge is -2.07. The highest BCUT2D eigenvalue weighted by molar-refractivity contribution is 5.71. The molecule has 0 rings (SSSR count). The minimum Gasteiger partial charge on any atom is -0.378 e. The molecule has 22 heavy (non-hydrogen) atoms. The van der Waals surface area contributed by atoms with Crippen LogP contribution in [0, 0.1) is 0 Å². The molecule has 0 unspecified atom stereocenters. The number of hydrogen-bond acceptors (Lipinski definition) is 7. The van der Waals surface area contributed by atoms with Crippen LogP contribution in [0.5, 0.6) is 0 Å². The Bertz CT molecular complexity index is 246. The molecule has 2 amide bonds. The van der Waals surface area contributed by atoms with E-state index < -0.39 is 6.03 Å². The Balaban J connectivity index is 2.95. The summed E-state index contributed by atoms with van der Waals surface area (Å²) in [7, 11) is 0. The highest BCUT2D eigenvalue weighted by Crippen LogP contribution is 1.83. The SMILES string of the molecule is NCCOCCOCCOCCOCCOCCNC(N)=O. The molecule has 9 nitrogen and oxygen atoms in total. The summed E-state index contributed by atoms with van der Waals surface area (Å²) in [6, 6.07) is -0.552. The van der Waals surface area contributed by atoms with Gasteiger partial charge in [-0.25, -0.2) is 4.79 Å². The molecule has 0 aliphatic carbocycles. The van der Waals surface area contributed by atoms with E-state index in [1.807, 2.05) is 0 Å². The standard InChI is InChI=1S/C13H29N3O6/c14-1-3-18-5-7-20-9-11-22-12-10-21-8-6-19-4-2-16-13(15)17/h1-12,14H2,(H3,15,16,17). The number of carbonyl (C=O) groups is 1. The number of carbonyl (C=O) groups excluding carboxylic acids is 1. The fourth-order valence-electron chi connectivity index (χ4n) is 1.31. The molecular weight excluding hydrogens is 294 g/mol. The fraction of sp³-hybridized carbons (Fsp3) is 0.923. The summed E-state index contributed by atoms with van der Waals surface area (Å²) < 4.78 is 26.3. The third-order valence-electron chi connectivity index (χ3n) is 2.30. The van der Waals surface area contributed by atoms with Gasteiger partial charge in [0.1, 0.15) is 0 Å². The van der Waals surface area contributed by atoms with Crippen molar-refractivity contribution in [3.05, 3.63) is 0 Å². The molecule has 9 heteroatoms. The summed E-state index contributed by atoms with van der Waals surface area (Å²) in [6.07, 6.45) is 0. The monoisotopic (exact) mass is 323 g/mol. The maximum atomic E-state index is 10.4. The van der Waals surface area contributed by atoms with Crippen molar-refractivity contribution in [3.63, 3.8) is 0 Å². The Morgan fingerprint density at radius 1 is 0.682 bits per heavy atom. The number of primary amides is 1. The van der Waals surface area contributed by atoms with E-state index in [-0.39, 0.29) is 0 Å². The number of nitrogens with two attached hydrogens (primary N) is 2. The topological polar surface area (TPSA) is 127 Å². The Kier molecular flexibility index (Phi) is 17.3. The van der Waals surface area contributed by atoms with E-state index in [1.54, 1.807) is 0 Å². The average molecular weight is 323 g/mol. The molecule has 0 saturated carbocycles.